The van der Waals surface area contributed by atoms with E-state index in [2.05, 4.69) is 15.5 Å². The Balaban J connectivity index is 1.63. The molecule has 1 unspecified atom stereocenters. The summed E-state index contributed by atoms with van der Waals surface area (Å²) in [6.45, 7) is 5.23. The molecule has 0 saturated carbocycles. The van der Waals surface area contributed by atoms with Gasteiger partial charge in [-0.2, -0.15) is 0 Å². The summed E-state index contributed by atoms with van der Waals surface area (Å²) in [6, 6.07) is 10.2. The minimum atomic E-state index is -0.641. The highest BCUT2D eigenvalue weighted by atomic mass is 32.1. The summed E-state index contributed by atoms with van der Waals surface area (Å²) in [6.07, 6.45) is 0.931. The van der Waals surface area contributed by atoms with Gasteiger partial charge in [0.05, 0.1) is 23.6 Å². The van der Waals surface area contributed by atoms with Gasteiger partial charge in [-0.3, -0.25) is 14.5 Å². The first-order valence-electron chi connectivity index (χ1n) is 9.83. The Morgan fingerprint density at radius 3 is 2.67 bits per heavy atom. The Morgan fingerprint density at radius 2 is 2.00 bits per heavy atom. The van der Waals surface area contributed by atoms with Gasteiger partial charge in [-0.25, -0.2) is 4.79 Å². The Hall–Kier alpha value is -2.91. The number of ether oxygens (including phenoxy) is 1. The van der Waals surface area contributed by atoms with E-state index in [1.54, 1.807) is 13.8 Å². The molecule has 2 heterocycles. The number of likely N-dealkylation sites (tertiary alicyclic amines) is 1. The van der Waals surface area contributed by atoms with Gasteiger partial charge in [0.15, 0.2) is 0 Å². The highest BCUT2D eigenvalue weighted by Crippen LogP contribution is 2.33. The molecule has 0 aliphatic carbocycles. The molecule has 1 aliphatic rings. The molecule has 0 spiro atoms. The van der Waals surface area contributed by atoms with E-state index in [-0.39, 0.29) is 35.5 Å². The van der Waals surface area contributed by atoms with Gasteiger partial charge in [0.1, 0.15) is 5.00 Å². The Labute approximate surface area is 179 Å². The van der Waals surface area contributed by atoms with Crippen molar-refractivity contribution in [3.8, 4) is 0 Å². The second-order valence-electron chi connectivity index (χ2n) is 7.12. The quantitative estimate of drug-likeness (QED) is 0.555. The van der Waals surface area contributed by atoms with E-state index in [9.17, 15) is 14.4 Å². The molecular formula is C21H26N4O4S. The maximum Gasteiger partial charge on any atom is 0.341 e. The summed E-state index contributed by atoms with van der Waals surface area (Å²) in [7, 11) is 0. The lowest BCUT2D eigenvalue weighted by molar-refractivity contribution is -0.117. The maximum absolute atomic E-state index is 12.6. The molecule has 3 rings (SSSR count). The first-order chi connectivity index (χ1) is 14.4. The lowest BCUT2D eigenvalue weighted by Crippen LogP contribution is -2.33. The molecule has 2 amide bonds. The zero-order valence-electron chi connectivity index (χ0n) is 17.1. The lowest BCUT2D eigenvalue weighted by Gasteiger charge is -2.17. The Kier molecular flexibility index (Phi) is 7.07. The third-order valence-corrected chi connectivity index (χ3v) is 6.11. The van der Waals surface area contributed by atoms with Crippen LogP contribution in [0, 0.1) is 6.92 Å². The zero-order valence-corrected chi connectivity index (χ0v) is 17.9. The van der Waals surface area contributed by atoms with Crippen LogP contribution in [-0.4, -0.2) is 55.0 Å². The van der Waals surface area contributed by atoms with Crippen LogP contribution in [0.25, 0.3) is 0 Å². The first-order valence-corrected chi connectivity index (χ1v) is 10.6. The van der Waals surface area contributed by atoms with Gasteiger partial charge in [0.25, 0.3) is 5.91 Å². The summed E-state index contributed by atoms with van der Waals surface area (Å²) in [4.78, 5) is 38.9. The van der Waals surface area contributed by atoms with E-state index in [1.807, 2.05) is 30.3 Å². The van der Waals surface area contributed by atoms with Crippen LogP contribution in [0.5, 0.6) is 0 Å². The number of thiophene rings is 1. The molecule has 1 atom stereocenters. The highest BCUT2D eigenvalue weighted by Gasteiger charge is 2.28. The minimum absolute atomic E-state index is 0.189. The van der Waals surface area contributed by atoms with E-state index in [4.69, 9.17) is 10.5 Å². The number of nitrogens with one attached hydrogen (secondary N) is 2. The number of rotatable bonds is 8. The van der Waals surface area contributed by atoms with Crippen LogP contribution in [0.15, 0.2) is 30.3 Å². The van der Waals surface area contributed by atoms with Crippen molar-refractivity contribution in [2.24, 2.45) is 5.73 Å². The van der Waals surface area contributed by atoms with Crippen LogP contribution in [0.2, 0.25) is 0 Å². The molecule has 8 nitrogen and oxygen atoms in total. The number of hydrogen-bond donors (Lipinski definition) is 3. The van der Waals surface area contributed by atoms with Gasteiger partial charge in [0, 0.05) is 24.8 Å². The van der Waals surface area contributed by atoms with E-state index >= 15 is 0 Å². The normalized spacial score (nSPS) is 16.3. The van der Waals surface area contributed by atoms with Gasteiger partial charge in [-0.1, -0.05) is 18.2 Å². The van der Waals surface area contributed by atoms with Crippen LogP contribution < -0.4 is 16.4 Å². The molecule has 0 radical (unpaired) electrons. The number of hydrogen-bond acceptors (Lipinski definition) is 7. The van der Waals surface area contributed by atoms with E-state index in [0.29, 0.717) is 10.6 Å². The predicted octanol–water partition coefficient (Wildman–Crippen LogP) is 2.46. The molecule has 1 aliphatic heterocycles. The lowest BCUT2D eigenvalue weighted by atomic mass is 10.1. The number of carbonyl (C=O) groups excluding carboxylic acids is 3. The van der Waals surface area contributed by atoms with E-state index < -0.39 is 11.9 Å². The van der Waals surface area contributed by atoms with Crippen LogP contribution in [0.1, 0.15) is 38.9 Å². The van der Waals surface area contributed by atoms with Crippen molar-refractivity contribution >= 4 is 39.8 Å². The van der Waals surface area contributed by atoms with Gasteiger partial charge >= 0.3 is 5.97 Å². The van der Waals surface area contributed by atoms with Gasteiger partial charge in [0.2, 0.25) is 5.91 Å². The first kappa shape index (κ1) is 21.8. The molecular weight excluding hydrogens is 404 g/mol. The van der Waals surface area contributed by atoms with Crippen molar-refractivity contribution in [3.63, 3.8) is 0 Å². The van der Waals surface area contributed by atoms with Crippen LogP contribution in [0.3, 0.4) is 0 Å². The molecule has 2 aromatic rings. The third-order valence-electron chi connectivity index (χ3n) is 4.89. The SMILES string of the molecule is CCOC(=O)c1c(NC(=O)CN2CCC(Nc3ccccc3)C2)sc(C(N)=O)c1C. The fourth-order valence-electron chi connectivity index (χ4n) is 3.52. The molecule has 4 N–H and O–H groups in total. The molecule has 9 heteroatoms. The number of nitrogens with two attached hydrogens (primary N) is 1. The van der Waals surface area contributed by atoms with Crippen LogP contribution in [-0.2, 0) is 9.53 Å². The molecule has 1 aromatic carbocycles. The fraction of sp³-hybridized carbons (Fsp3) is 0.381. The van der Waals surface area contributed by atoms with E-state index in [1.165, 1.54) is 0 Å². The second kappa shape index (κ2) is 9.73. The number of esters is 1. The smallest absolute Gasteiger partial charge is 0.341 e. The number of amides is 2. The highest BCUT2D eigenvalue weighted by molar-refractivity contribution is 7.18. The number of primary amides is 1. The molecule has 1 fully saturated rings. The predicted molar refractivity (Wildman–Crippen MR) is 117 cm³/mol. The van der Waals surface area contributed by atoms with Crippen molar-refractivity contribution in [3.05, 3.63) is 46.3 Å². The summed E-state index contributed by atoms with van der Waals surface area (Å²) >= 11 is 0.999. The standard InChI is InChI=1S/C21H26N4O4S/c1-3-29-21(28)17-13(2)18(19(22)27)30-20(17)24-16(26)12-25-10-9-15(11-25)23-14-7-5-4-6-8-14/h4-8,15,23H,3,9-12H2,1-2H3,(H2,22,27)(H,24,26). The van der Waals surface area contributed by atoms with Gasteiger partial charge < -0.3 is 21.1 Å². The van der Waals surface area contributed by atoms with Crippen molar-refractivity contribution in [2.75, 3.05) is 36.9 Å². The maximum atomic E-state index is 12.6. The van der Waals surface area contributed by atoms with E-state index in [0.717, 1.165) is 36.5 Å². The Bertz CT molecular complexity index is 929. The summed E-state index contributed by atoms with van der Waals surface area (Å²) in [5, 5.41) is 6.53. The van der Waals surface area contributed by atoms with Crippen molar-refractivity contribution in [2.45, 2.75) is 26.3 Å². The number of benzene rings is 1. The average Bonchev–Trinajstić information content (AvgIpc) is 3.26. The van der Waals surface area contributed by atoms with Crippen molar-refractivity contribution in [1.82, 2.24) is 4.90 Å². The van der Waals surface area contributed by atoms with Gasteiger partial charge in [-0.05, 0) is 38.0 Å². The number of nitrogens with zero attached hydrogens (tertiary/aromatic N) is 1. The average molecular weight is 431 g/mol. The largest absolute Gasteiger partial charge is 0.462 e. The van der Waals surface area contributed by atoms with Crippen LogP contribution >= 0.6 is 11.3 Å². The minimum Gasteiger partial charge on any atom is -0.462 e. The van der Waals surface area contributed by atoms with Crippen molar-refractivity contribution < 1.29 is 19.1 Å². The second-order valence-corrected chi connectivity index (χ2v) is 8.14. The Morgan fingerprint density at radius 1 is 1.27 bits per heavy atom. The fourth-order valence-corrected chi connectivity index (χ4v) is 4.58. The topological polar surface area (TPSA) is 114 Å². The number of carbonyl (C=O) groups is 3. The summed E-state index contributed by atoms with van der Waals surface area (Å²) < 4.78 is 5.07. The molecule has 1 aromatic heterocycles. The molecule has 1 saturated heterocycles. The van der Waals surface area contributed by atoms with Gasteiger partial charge in [-0.15, -0.1) is 11.3 Å². The monoisotopic (exact) mass is 430 g/mol. The zero-order chi connectivity index (χ0) is 21.7. The molecule has 30 heavy (non-hydrogen) atoms. The summed E-state index contributed by atoms with van der Waals surface area (Å²) in [5.41, 5.74) is 7.07. The number of para-hydroxylation sites is 1. The van der Waals surface area contributed by atoms with Crippen LogP contribution in [0.4, 0.5) is 10.7 Å². The number of anilines is 2. The molecule has 0 bridgehead atoms. The summed E-state index contributed by atoms with van der Waals surface area (Å²) in [5.74, 6) is -1.47. The molecule has 160 valence electrons. The van der Waals surface area contributed by atoms with Crippen molar-refractivity contribution in [1.29, 1.82) is 0 Å². The third kappa shape index (κ3) is 5.17.